The van der Waals surface area contributed by atoms with Gasteiger partial charge in [0.2, 0.25) is 17.7 Å². The third kappa shape index (κ3) is 11.3. The Kier molecular flexibility index (Phi) is 13.9. The van der Waals surface area contributed by atoms with E-state index < -0.39 is 18.2 Å². The lowest BCUT2D eigenvalue weighted by atomic mass is 9.98. The van der Waals surface area contributed by atoms with Gasteiger partial charge in [-0.05, 0) is 19.8 Å². The van der Waals surface area contributed by atoms with E-state index >= 15 is 0 Å². The minimum atomic E-state index is -0.855. The van der Waals surface area contributed by atoms with Crippen molar-refractivity contribution >= 4 is 41.2 Å². The molecule has 0 spiro atoms. The maximum Gasteiger partial charge on any atom is 0.242 e. The Morgan fingerprint density at radius 2 is 1.97 bits per heavy atom. The molecule has 0 radical (unpaired) electrons. The molecule has 3 amide bonds. The van der Waals surface area contributed by atoms with Gasteiger partial charge in [0.25, 0.3) is 0 Å². The number of carbonyl (C=O) groups excluding carboxylic acids is 3. The highest BCUT2D eigenvalue weighted by atomic mass is 32.2. The van der Waals surface area contributed by atoms with Crippen LogP contribution in [0.15, 0.2) is 12.2 Å². The highest BCUT2D eigenvalue weighted by Gasteiger charge is 2.27. The lowest BCUT2D eigenvalue weighted by molar-refractivity contribution is -0.129. The van der Waals surface area contributed by atoms with Gasteiger partial charge in [-0.25, -0.2) is 0 Å². The molecule has 0 unspecified atom stereocenters. The molecule has 4 atom stereocenters. The van der Waals surface area contributed by atoms with E-state index in [-0.39, 0.29) is 30.1 Å². The van der Waals surface area contributed by atoms with Crippen LogP contribution in [0.1, 0.15) is 46.5 Å². The van der Waals surface area contributed by atoms with Crippen molar-refractivity contribution in [1.82, 2.24) is 16.0 Å². The summed E-state index contributed by atoms with van der Waals surface area (Å²) in [6, 6.07) is -1.18. The van der Waals surface area contributed by atoms with Crippen LogP contribution in [0, 0.1) is 5.92 Å². The van der Waals surface area contributed by atoms with Gasteiger partial charge in [0.15, 0.2) is 0 Å². The van der Waals surface area contributed by atoms with Crippen molar-refractivity contribution in [1.29, 1.82) is 0 Å². The minimum Gasteiger partial charge on any atom is -0.391 e. The molecular weight excluding hydrogens is 422 g/mol. The summed E-state index contributed by atoms with van der Waals surface area (Å²) >= 11 is 3.30. The van der Waals surface area contributed by atoms with E-state index in [1.54, 1.807) is 37.4 Å². The zero-order valence-corrected chi connectivity index (χ0v) is 19.9. The van der Waals surface area contributed by atoms with Gasteiger partial charge in [0.05, 0.1) is 12.1 Å². The van der Waals surface area contributed by atoms with Crippen molar-refractivity contribution in [2.24, 2.45) is 5.92 Å². The standard InChI is InChI=1S/C21H37N3O4S2/c1-4-5-9-22-20(27)15(2)13-18(25)17-14-30-11-7-6-10-29-12-8-19(26)23-16(3)21(28)24-17/h6-7,15-18,25H,4-5,8-14H2,1-3H3,(H,22,27)(H,23,26)(H,24,28)/b7-6-/t15-,16+,17+,18+/m1/s1. The molecule has 0 aliphatic carbocycles. The maximum absolute atomic E-state index is 12.6. The molecule has 0 aromatic rings. The monoisotopic (exact) mass is 459 g/mol. The van der Waals surface area contributed by atoms with E-state index in [0.29, 0.717) is 24.5 Å². The second-order valence-electron chi connectivity index (χ2n) is 7.59. The molecular formula is C21H37N3O4S2. The Morgan fingerprint density at radius 1 is 1.27 bits per heavy atom. The molecule has 7 nitrogen and oxygen atoms in total. The first-order chi connectivity index (χ1) is 14.3. The summed E-state index contributed by atoms with van der Waals surface area (Å²) in [6.07, 6.45) is 5.83. The number of aliphatic hydroxyl groups is 1. The van der Waals surface area contributed by atoms with E-state index in [1.165, 1.54) is 0 Å². The van der Waals surface area contributed by atoms with Crippen molar-refractivity contribution in [2.75, 3.05) is 29.6 Å². The summed E-state index contributed by atoms with van der Waals surface area (Å²) in [6.45, 7) is 6.12. The third-order valence-electron chi connectivity index (χ3n) is 4.80. The smallest absolute Gasteiger partial charge is 0.242 e. The predicted octanol–water partition coefficient (Wildman–Crippen LogP) is 1.71. The van der Waals surface area contributed by atoms with E-state index in [1.807, 2.05) is 0 Å². The fourth-order valence-electron chi connectivity index (χ4n) is 2.85. The summed E-state index contributed by atoms with van der Waals surface area (Å²) in [5.74, 6) is 1.92. The third-order valence-corrected chi connectivity index (χ3v) is 6.74. The maximum atomic E-state index is 12.6. The lowest BCUT2D eigenvalue weighted by Crippen LogP contribution is -2.53. The van der Waals surface area contributed by atoms with Crippen molar-refractivity contribution in [3.05, 3.63) is 12.2 Å². The van der Waals surface area contributed by atoms with Gasteiger partial charge in [-0.1, -0.05) is 32.4 Å². The Balaban J connectivity index is 2.72. The molecule has 4 N–H and O–H groups in total. The van der Waals surface area contributed by atoms with Gasteiger partial charge in [0.1, 0.15) is 6.04 Å². The molecule has 1 rings (SSSR count). The second kappa shape index (κ2) is 15.6. The number of rotatable bonds is 7. The van der Waals surface area contributed by atoms with Crippen LogP contribution >= 0.6 is 23.5 Å². The van der Waals surface area contributed by atoms with Crippen molar-refractivity contribution in [3.8, 4) is 0 Å². The summed E-state index contributed by atoms with van der Waals surface area (Å²) < 4.78 is 0. The first-order valence-electron chi connectivity index (χ1n) is 10.7. The Morgan fingerprint density at radius 3 is 2.67 bits per heavy atom. The molecule has 0 saturated heterocycles. The Bertz CT molecular complexity index is 574. The molecule has 0 bridgehead atoms. The largest absolute Gasteiger partial charge is 0.391 e. The molecule has 0 saturated carbocycles. The highest BCUT2D eigenvalue weighted by Crippen LogP contribution is 2.15. The van der Waals surface area contributed by atoms with Crippen LogP contribution in [0.2, 0.25) is 0 Å². The molecule has 0 aromatic heterocycles. The molecule has 1 aliphatic rings. The summed E-state index contributed by atoms with van der Waals surface area (Å²) in [5, 5.41) is 19.2. The van der Waals surface area contributed by atoms with Gasteiger partial charge in [-0.15, -0.1) is 0 Å². The zero-order valence-electron chi connectivity index (χ0n) is 18.3. The lowest BCUT2D eigenvalue weighted by Gasteiger charge is -2.27. The summed E-state index contributed by atoms with van der Waals surface area (Å²) in [4.78, 5) is 36.8. The fourth-order valence-corrected chi connectivity index (χ4v) is 4.58. The Hall–Kier alpha value is -1.19. The molecule has 1 heterocycles. The normalized spacial score (nSPS) is 25.1. The number of aliphatic hydroxyl groups excluding tert-OH is 1. The molecule has 30 heavy (non-hydrogen) atoms. The number of nitrogens with one attached hydrogen (secondary N) is 3. The van der Waals surface area contributed by atoms with Gasteiger partial charge in [0, 0.05) is 41.9 Å². The average Bonchev–Trinajstić information content (AvgIpc) is 2.71. The number of thioether (sulfide) groups is 2. The average molecular weight is 460 g/mol. The van der Waals surface area contributed by atoms with Crippen LogP contribution in [0.25, 0.3) is 0 Å². The number of unbranched alkanes of at least 4 members (excludes halogenated alkanes) is 1. The molecule has 9 heteroatoms. The quantitative estimate of drug-likeness (QED) is 0.341. The molecule has 0 aromatic carbocycles. The fraction of sp³-hybridized carbons (Fsp3) is 0.762. The summed E-state index contributed by atoms with van der Waals surface area (Å²) in [7, 11) is 0. The SMILES string of the molecule is CCCCNC(=O)[C@H](C)C[C@H](O)[C@@H]1CSC/C=C\CSCCC(=O)N[C@@H](C)C(=O)N1. The van der Waals surface area contributed by atoms with Gasteiger partial charge >= 0.3 is 0 Å². The van der Waals surface area contributed by atoms with E-state index in [4.69, 9.17) is 0 Å². The Labute approximate surface area is 189 Å². The van der Waals surface area contributed by atoms with Crippen LogP contribution in [0.4, 0.5) is 0 Å². The van der Waals surface area contributed by atoms with Gasteiger partial charge < -0.3 is 21.1 Å². The van der Waals surface area contributed by atoms with Crippen molar-refractivity contribution in [3.63, 3.8) is 0 Å². The van der Waals surface area contributed by atoms with E-state index in [9.17, 15) is 19.5 Å². The molecule has 1 aliphatic heterocycles. The van der Waals surface area contributed by atoms with E-state index in [0.717, 1.165) is 24.3 Å². The molecule has 0 fully saturated rings. The van der Waals surface area contributed by atoms with Crippen LogP contribution in [-0.2, 0) is 14.4 Å². The van der Waals surface area contributed by atoms with Crippen molar-refractivity contribution < 1.29 is 19.5 Å². The van der Waals surface area contributed by atoms with E-state index in [2.05, 4.69) is 35.0 Å². The highest BCUT2D eigenvalue weighted by molar-refractivity contribution is 7.99. The van der Waals surface area contributed by atoms with Crippen LogP contribution < -0.4 is 16.0 Å². The number of carbonyl (C=O) groups is 3. The number of hydrogen-bond donors (Lipinski definition) is 4. The summed E-state index contributed by atoms with van der Waals surface area (Å²) in [5.41, 5.74) is 0. The molecule has 172 valence electrons. The first-order valence-corrected chi connectivity index (χ1v) is 13.0. The van der Waals surface area contributed by atoms with Gasteiger partial charge in [-0.2, -0.15) is 23.5 Å². The van der Waals surface area contributed by atoms with Crippen molar-refractivity contribution in [2.45, 2.75) is 64.6 Å². The zero-order chi connectivity index (χ0) is 22.4. The number of hydrogen-bond acceptors (Lipinski definition) is 6. The van der Waals surface area contributed by atoms with Gasteiger partial charge in [-0.3, -0.25) is 14.4 Å². The number of amides is 3. The predicted molar refractivity (Wildman–Crippen MR) is 126 cm³/mol. The first kappa shape index (κ1) is 26.8. The van der Waals surface area contributed by atoms with Crippen LogP contribution in [0.3, 0.4) is 0 Å². The minimum absolute atomic E-state index is 0.0836. The van der Waals surface area contributed by atoms with Crippen LogP contribution in [-0.4, -0.2) is 70.6 Å². The topological polar surface area (TPSA) is 108 Å². The van der Waals surface area contributed by atoms with Crippen LogP contribution in [0.5, 0.6) is 0 Å². The second-order valence-corrected chi connectivity index (χ2v) is 9.81.